The molecule has 1 fully saturated rings. The van der Waals surface area contributed by atoms with Crippen molar-refractivity contribution in [3.05, 3.63) is 35.4 Å². The van der Waals surface area contributed by atoms with Crippen molar-refractivity contribution in [3.8, 4) is 0 Å². The van der Waals surface area contributed by atoms with Crippen molar-refractivity contribution >= 4 is 5.91 Å². The predicted octanol–water partition coefficient (Wildman–Crippen LogP) is 3.10. The maximum Gasteiger partial charge on any atom is 0.360 e. The molecule has 0 unspecified atom stereocenters. The van der Waals surface area contributed by atoms with Gasteiger partial charge in [0.05, 0.1) is 0 Å². The zero-order chi connectivity index (χ0) is 16.0. The van der Waals surface area contributed by atoms with Crippen LogP contribution in [0.1, 0.15) is 49.5 Å². The molecular formula is C17H25N4O+. The molecule has 1 N–H and O–H groups in total. The molecule has 1 amide bonds. The smallest absolute Gasteiger partial charge is 0.317 e. The average Bonchev–Trinajstić information content (AvgIpc) is 2.52. The molecule has 0 saturated carbocycles. The van der Waals surface area contributed by atoms with E-state index >= 15 is 0 Å². The van der Waals surface area contributed by atoms with Crippen molar-refractivity contribution in [1.82, 2.24) is 10.2 Å². The summed E-state index contributed by atoms with van der Waals surface area (Å²) in [7, 11) is 0. The van der Waals surface area contributed by atoms with E-state index < -0.39 is 0 Å². The lowest BCUT2D eigenvalue weighted by Crippen LogP contribution is -2.28. The molecule has 1 aliphatic heterocycles. The van der Waals surface area contributed by atoms with Crippen LogP contribution in [0, 0.1) is 5.92 Å². The fraction of sp³-hybridized carbons (Fsp3) is 0.588. The number of piperidine rings is 1. The first-order valence-corrected chi connectivity index (χ1v) is 7.90. The van der Waals surface area contributed by atoms with Gasteiger partial charge in [-0.15, -0.1) is 0 Å². The Morgan fingerprint density at radius 3 is 2.45 bits per heavy atom. The average molecular weight is 301 g/mol. The second kappa shape index (κ2) is 7.43. The summed E-state index contributed by atoms with van der Waals surface area (Å²) in [6, 6.07) is 7.54. The van der Waals surface area contributed by atoms with Crippen LogP contribution < -0.4 is 10.2 Å². The van der Waals surface area contributed by atoms with Crippen molar-refractivity contribution < 1.29 is 4.79 Å². The van der Waals surface area contributed by atoms with E-state index in [0.29, 0.717) is 18.0 Å². The third kappa shape index (κ3) is 4.86. The van der Waals surface area contributed by atoms with E-state index in [0.717, 1.165) is 25.9 Å². The summed E-state index contributed by atoms with van der Waals surface area (Å²) in [5, 5.41) is 11.0. The van der Waals surface area contributed by atoms with E-state index in [1.54, 1.807) is 12.1 Å². The number of carbonyl (C=O) groups is 1. The van der Waals surface area contributed by atoms with Crippen molar-refractivity contribution in [3.63, 3.8) is 0 Å². The van der Waals surface area contributed by atoms with Crippen molar-refractivity contribution in [1.29, 1.82) is 0 Å². The van der Waals surface area contributed by atoms with Crippen molar-refractivity contribution in [2.45, 2.75) is 39.0 Å². The van der Waals surface area contributed by atoms with Gasteiger partial charge in [-0.05, 0) is 55.0 Å². The molecule has 22 heavy (non-hydrogen) atoms. The minimum Gasteiger partial charge on any atom is -0.317 e. The molecule has 0 atom stereocenters. The zero-order valence-corrected chi connectivity index (χ0v) is 13.7. The highest BCUT2D eigenvalue weighted by Gasteiger charge is 2.16. The molecule has 5 nitrogen and oxygen atoms in total. The highest BCUT2D eigenvalue weighted by molar-refractivity contribution is 5.94. The fourth-order valence-electron chi connectivity index (χ4n) is 2.46. The number of rotatable bonds is 3. The van der Waals surface area contributed by atoms with Gasteiger partial charge in [-0.1, -0.05) is 32.9 Å². The monoisotopic (exact) mass is 301 g/mol. The number of benzene rings is 1. The molecule has 0 radical (unpaired) electrons. The Kier molecular flexibility index (Phi) is 5.58. The summed E-state index contributed by atoms with van der Waals surface area (Å²) in [6.45, 7) is 9.16. The Bertz CT molecular complexity index is 559. The van der Waals surface area contributed by atoms with Gasteiger partial charge in [-0.2, -0.15) is 0 Å². The minimum absolute atomic E-state index is 0.0767. The normalized spacial score (nSPS) is 16.0. The van der Waals surface area contributed by atoms with E-state index in [-0.39, 0.29) is 11.3 Å². The first-order valence-electron chi connectivity index (χ1n) is 7.90. The van der Waals surface area contributed by atoms with Gasteiger partial charge in [0.2, 0.25) is 10.0 Å². The van der Waals surface area contributed by atoms with Gasteiger partial charge in [0.15, 0.2) is 0 Å². The molecule has 1 aliphatic rings. The summed E-state index contributed by atoms with van der Waals surface area (Å²) in [6.07, 6.45) is 2.22. The van der Waals surface area contributed by atoms with E-state index in [9.17, 15) is 4.79 Å². The van der Waals surface area contributed by atoms with E-state index in [1.807, 2.05) is 12.1 Å². The number of carbonyl (C=O) groups excluding carboxylic acids is 1. The maximum atomic E-state index is 11.9. The number of hydrogen-bond acceptors (Lipinski definition) is 3. The lowest BCUT2D eigenvalue weighted by Gasteiger charge is -2.18. The topological polar surface area (TPSA) is 67.9 Å². The second-order valence-electron chi connectivity index (χ2n) is 6.84. The molecule has 5 heteroatoms. The van der Waals surface area contributed by atoms with Crippen LogP contribution in [0.2, 0.25) is 0 Å². The van der Waals surface area contributed by atoms with Crippen LogP contribution in [0.4, 0.5) is 0 Å². The largest absolute Gasteiger partial charge is 0.360 e. The molecule has 0 spiro atoms. The van der Waals surface area contributed by atoms with Crippen molar-refractivity contribution in [2.75, 3.05) is 19.6 Å². The second-order valence-corrected chi connectivity index (χ2v) is 6.84. The van der Waals surface area contributed by atoms with Crippen LogP contribution >= 0.6 is 0 Å². The SMILES string of the molecule is CC(C)(C)c1ccc(C(=O)N=[N+]=NCC2CCNCC2)cc1. The lowest BCUT2D eigenvalue weighted by atomic mass is 9.87. The fourth-order valence-corrected chi connectivity index (χ4v) is 2.46. The van der Waals surface area contributed by atoms with Crippen LogP contribution in [0.5, 0.6) is 0 Å². The zero-order valence-electron chi connectivity index (χ0n) is 13.7. The lowest BCUT2D eigenvalue weighted by molar-refractivity contribution is 0.0992. The molecule has 1 heterocycles. The third-order valence-corrected chi connectivity index (χ3v) is 4.00. The first kappa shape index (κ1) is 16.5. The van der Waals surface area contributed by atoms with Gasteiger partial charge in [0.1, 0.15) is 11.7 Å². The highest BCUT2D eigenvalue weighted by atomic mass is 16.1. The molecule has 2 rings (SSSR count). The number of nitrogens with one attached hydrogen (secondary N) is 1. The summed E-state index contributed by atoms with van der Waals surface area (Å²) in [4.78, 5) is 15.6. The Labute approximate surface area is 131 Å². The van der Waals surface area contributed by atoms with Crippen LogP contribution in [0.3, 0.4) is 0 Å². The molecule has 0 bridgehead atoms. The van der Waals surface area contributed by atoms with Gasteiger partial charge < -0.3 is 5.32 Å². The van der Waals surface area contributed by atoms with E-state index in [4.69, 9.17) is 0 Å². The molecule has 0 aromatic heterocycles. The molecule has 0 aliphatic carbocycles. The summed E-state index contributed by atoms with van der Waals surface area (Å²) in [5.41, 5.74) is 1.82. The van der Waals surface area contributed by atoms with Crippen LogP contribution in [-0.2, 0) is 5.41 Å². The Hall–Kier alpha value is -1.84. The number of amides is 1. The van der Waals surface area contributed by atoms with Gasteiger partial charge in [0, 0.05) is 5.56 Å². The maximum absolute atomic E-state index is 11.9. The standard InChI is InChI=1S/C17H25N4O/c1-17(2,3)15-6-4-14(5-7-15)16(22)20-21-19-12-13-8-10-18-11-9-13/h4-7,13,18H,8-12H2,1-3H3/q+1. The summed E-state index contributed by atoms with van der Waals surface area (Å²) in [5.74, 6) is 0.218. The van der Waals surface area contributed by atoms with Crippen molar-refractivity contribution in [2.24, 2.45) is 16.1 Å². The minimum atomic E-state index is -0.338. The van der Waals surface area contributed by atoms with Gasteiger partial charge in [0.25, 0.3) is 0 Å². The summed E-state index contributed by atoms with van der Waals surface area (Å²) >= 11 is 0. The van der Waals surface area contributed by atoms with E-state index in [1.165, 1.54) is 5.56 Å². The Morgan fingerprint density at radius 2 is 1.86 bits per heavy atom. The predicted molar refractivity (Wildman–Crippen MR) is 86.9 cm³/mol. The van der Waals surface area contributed by atoms with Gasteiger partial charge >= 0.3 is 5.91 Å². The molecule has 1 aromatic rings. The number of hydrogen-bond donors (Lipinski definition) is 1. The molecule has 1 saturated heterocycles. The first-order chi connectivity index (χ1) is 10.5. The Morgan fingerprint density at radius 1 is 1.23 bits per heavy atom. The van der Waals surface area contributed by atoms with Gasteiger partial charge in [-0.25, -0.2) is 0 Å². The quantitative estimate of drug-likeness (QED) is 0.688. The Balaban J connectivity index is 1.92. The highest BCUT2D eigenvalue weighted by Crippen LogP contribution is 2.22. The van der Waals surface area contributed by atoms with Gasteiger partial charge in [-0.3, -0.25) is 4.79 Å². The van der Waals surface area contributed by atoms with Crippen LogP contribution in [0.25, 0.3) is 0 Å². The summed E-state index contributed by atoms with van der Waals surface area (Å²) < 4.78 is 0. The molecule has 118 valence electrons. The third-order valence-electron chi connectivity index (χ3n) is 4.00. The molecular weight excluding hydrogens is 276 g/mol. The van der Waals surface area contributed by atoms with Crippen LogP contribution in [-0.4, -0.2) is 25.5 Å². The van der Waals surface area contributed by atoms with E-state index in [2.05, 4.69) is 41.2 Å². The number of nitrogens with zero attached hydrogens (tertiary/aromatic N) is 3. The molecule has 1 aromatic carbocycles. The van der Waals surface area contributed by atoms with Crippen LogP contribution in [0.15, 0.2) is 34.5 Å².